The number of piperidine rings is 1. The van der Waals surface area contributed by atoms with Crippen molar-refractivity contribution in [3.63, 3.8) is 0 Å². The summed E-state index contributed by atoms with van der Waals surface area (Å²) in [6, 6.07) is 7.23. The second-order valence-corrected chi connectivity index (χ2v) is 5.86. The second-order valence-electron chi connectivity index (χ2n) is 5.86. The zero-order valence-corrected chi connectivity index (χ0v) is 12.3. The second kappa shape index (κ2) is 6.40. The molecule has 0 unspecified atom stereocenters. The van der Waals surface area contributed by atoms with Crippen LogP contribution in [0.1, 0.15) is 37.8 Å². The van der Waals surface area contributed by atoms with E-state index < -0.39 is 0 Å². The molecule has 0 saturated carbocycles. The standard InChI is InChI=1S/C16H26N2O/c1-12(2)17-11-14-4-5-15(10-13(14)3)18-8-6-16(19)7-9-18/h4-5,10,12,16-17,19H,6-9,11H2,1-3H3. The molecule has 2 rings (SSSR count). The minimum atomic E-state index is -0.105. The van der Waals surface area contributed by atoms with Crippen molar-refractivity contribution in [3.05, 3.63) is 29.3 Å². The van der Waals surface area contributed by atoms with E-state index >= 15 is 0 Å². The third-order valence-corrected chi connectivity index (χ3v) is 3.86. The molecule has 1 saturated heterocycles. The lowest BCUT2D eigenvalue weighted by Crippen LogP contribution is -2.35. The normalized spacial score (nSPS) is 17.2. The predicted molar refractivity (Wildman–Crippen MR) is 80.6 cm³/mol. The van der Waals surface area contributed by atoms with Gasteiger partial charge in [0.2, 0.25) is 0 Å². The van der Waals surface area contributed by atoms with Gasteiger partial charge in [-0.2, -0.15) is 0 Å². The van der Waals surface area contributed by atoms with Crippen LogP contribution < -0.4 is 10.2 Å². The molecule has 0 spiro atoms. The number of nitrogens with one attached hydrogen (secondary N) is 1. The molecule has 106 valence electrons. The Kier molecular flexibility index (Phi) is 4.83. The molecule has 19 heavy (non-hydrogen) atoms. The molecule has 2 N–H and O–H groups in total. The molecule has 0 amide bonds. The van der Waals surface area contributed by atoms with E-state index in [1.165, 1.54) is 16.8 Å². The van der Waals surface area contributed by atoms with Gasteiger partial charge in [-0.05, 0) is 43.0 Å². The topological polar surface area (TPSA) is 35.5 Å². The van der Waals surface area contributed by atoms with E-state index in [2.05, 4.69) is 49.2 Å². The maximum atomic E-state index is 9.56. The highest BCUT2D eigenvalue weighted by Crippen LogP contribution is 2.23. The highest BCUT2D eigenvalue weighted by Gasteiger charge is 2.17. The van der Waals surface area contributed by atoms with Crippen LogP contribution in [0.5, 0.6) is 0 Å². The quantitative estimate of drug-likeness (QED) is 0.875. The Morgan fingerprint density at radius 3 is 2.58 bits per heavy atom. The molecule has 1 fully saturated rings. The number of benzene rings is 1. The van der Waals surface area contributed by atoms with Gasteiger partial charge in [0.25, 0.3) is 0 Å². The van der Waals surface area contributed by atoms with E-state index in [1.54, 1.807) is 0 Å². The van der Waals surface area contributed by atoms with Gasteiger partial charge in [0.05, 0.1) is 6.10 Å². The SMILES string of the molecule is Cc1cc(N2CCC(O)CC2)ccc1CNC(C)C. The van der Waals surface area contributed by atoms with Crippen molar-refractivity contribution < 1.29 is 5.11 Å². The van der Waals surface area contributed by atoms with Gasteiger partial charge in [-0.1, -0.05) is 19.9 Å². The summed E-state index contributed by atoms with van der Waals surface area (Å²) in [5.74, 6) is 0. The maximum Gasteiger partial charge on any atom is 0.0574 e. The van der Waals surface area contributed by atoms with Crippen molar-refractivity contribution in [2.45, 2.75) is 52.3 Å². The summed E-state index contributed by atoms with van der Waals surface area (Å²) in [6.45, 7) is 9.38. The average molecular weight is 262 g/mol. The number of hydrogen-bond acceptors (Lipinski definition) is 3. The first-order chi connectivity index (χ1) is 9.06. The number of aryl methyl sites for hydroxylation is 1. The number of aliphatic hydroxyl groups excluding tert-OH is 1. The molecule has 1 heterocycles. The molecular formula is C16H26N2O. The molecule has 1 aromatic rings. The van der Waals surface area contributed by atoms with Gasteiger partial charge in [0.15, 0.2) is 0 Å². The molecule has 0 atom stereocenters. The molecule has 1 aromatic carbocycles. The largest absolute Gasteiger partial charge is 0.393 e. The Bertz CT molecular complexity index is 409. The molecule has 0 aromatic heterocycles. The number of hydrogen-bond donors (Lipinski definition) is 2. The first kappa shape index (κ1) is 14.4. The van der Waals surface area contributed by atoms with Crippen LogP contribution in [0.15, 0.2) is 18.2 Å². The van der Waals surface area contributed by atoms with Crippen LogP contribution in [0.4, 0.5) is 5.69 Å². The fourth-order valence-corrected chi connectivity index (χ4v) is 2.51. The third kappa shape index (κ3) is 3.95. The van der Waals surface area contributed by atoms with Crippen LogP contribution in [0.3, 0.4) is 0 Å². The highest BCUT2D eigenvalue weighted by atomic mass is 16.3. The van der Waals surface area contributed by atoms with E-state index in [0.29, 0.717) is 6.04 Å². The van der Waals surface area contributed by atoms with Gasteiger partial charge < -0.3 is 15.3 Å². The molecule has 3 heteroatoms. The minimum Gasteiger partial charge on any atom is -0.393 e. The van der Waals surface area contributed by atoms with Gasteiger partial charge in [0.1, 0.15) is 0 Å². The van der Waals surface area contributed by atoms with Crippen LogP contribution >= 0.6 is 0 Å². The Hall–Kier alpha value is -1.06. The average Bonchev–Trinajstić information content (AvgIpc) is 2.38. The van der Waals surface area contributed by atoms with Crippen molar-refractivity contribution >= 4 is 5.69 Å². The van der Waals surface area contributed by atoms with Crippen molar-refractivity contribution in [2.24, 2.45) is 0 Å². The third-order valence-electron chi connectivity index (χ3n) is 3.86. The van der Waals surface area contributed by atoms with Crippen molar-refractivity contribution in [1.82, 2.24) is 5.32 Å². The summed E-state index contributed by atoms with van der Waals surface area (Å²) < 4.78 is 0. The number of anilines is 1. The van der Waals surface area contributed by atoms with E-state index in [4.69, 9.17) is 0 Å². The first-order valence-corrected chi connectivity index (χ1v) is 7.32. The summed E-state index contributed by atoms with van der Waals surface area (Å²) >= 11 is 0. The number of nitrogens with zero attached hydrogens (tertiary/aromatic N) is 1. The van der Waals surface area contributed by atoms with Crippen LogP contribution in [-0.4, -0.2) is 30.3 Å². The van der Waals surface area contributed by atoms with E-state index in [9.17, 15) is 5.11 Å². The lowest BCUT2D eigenvalue weighted by molar-refractivity contribution is 0.145. The van der Waals surface area contributed by atoms with E-state index in [-0.39, 0.29) is 6.10 Å². The minimum absolute atomic E-state index is 0.105. The Labute approximate surface area is 116 Å². The summed E-state index contributed by atoms with van der Waals surface area (Å²) in [6.07, 6.45) is 1.66. The smallest absolute Gasteiger partial charge is 0.0574 e. The Morgan fingerprint density at radius 1 is 1.32 bits per heavy atom. The maximum absolute atomic E-state index is 9.56. The summed E-state index contributed by atoms with van der Waals surface area (Å²) in [7, 11) is 0. The molecule has 0 radical (unpaired) electrons. The van der Waals surface area contributed by atoms with Crippen molar-refractivity contribution in [2.75, 3.05) is 18.0 Å². The van der Waals surface area contributed by atoms with Crippen LogP contribution in [0.25, 0.3) is 0 Å². The van der Waals surface area contributed by atoms with Gasteiger partial charge in [-0.15, -0.1) is 0 Å². The molecule has 1 aliphatic rings. The Balaban J connectivity index is 2.02. The first-order valence-electron chi connectivity index (χ1n) is 7.32. The van der Waals surface area contributed by atoms with Crippen LogP contribution in [0.2, 0.25) is 0 Å². The van der Waals surface area contributed by atoms with Gasteiger partial charge in [-0.25, -0.2) is 0 Å². The number of rotatable bonds is 4. The summed E-state index contributed by atoms with van der Waals surface area (Å²) in [5.41, 5.74) is 4.00. The van der Waals surface area contributed by atoms with Gasteiger partial charge in [0, 0.05) is 31.4 Å². The zero-order chi connectivity index (χ0) is 13.8. The molecule has 0 bridgehead atoms. The van der Waals surface area contributed by atoms with Crippen LogP contribution in [-0.2, 0) is 6.54 Å². The van der Waals surface area contributed by atoms with Crippen molar-refractivity contribution in [3.8, 4) is 0 Å². The van der Waals surface area contributed by atoms with E-state index in [0.717, 1.165) is 32.5 Å². The lowest BCUT2D eigenvalue weighted by atomic mass is 10.0. The van der Waals surface area contributed by atoms with Crippen LogP contribution in [0, 0.1) is 6.92 Å². The molecular weight excluding hydrogens is 236 g/mol. The monoisotopic (exact) mass is 262 g/mol. The number of aliphatic hydroxyl groups is 1. The summed E-state index contributed by atoms with van der Waals surface area (Å²) in [4.78, 5) is 2.37. The highest BCUT2D eigenvalue weighted by molar-refractivity contribution is 5.51. The predicted octanol–water partition coefficient (Wildman–Crippen LogP) is 2.45. The lowest BCUT2D eigenvalue weighted by Gasteiger charge is -2.32. The van der Waals surface area contributed by atoms with E-state index in [1.807, 2.05) is 0 Å². The summed E-state index contributed by atoms with van der Waals surface area (Å²) in [5, 5.41) is 13.0. The van der Waals surface area contributed by atoms with Gasteiger partial charge in [-0.3, -0.25) is 0 Å². The fraction of sp³-hybridized carbons (Fsp3) is 0.625. The van der Waals surface area contributed by atoms with Crippen molar-refractivity contribution in [1.29, 1.82) is 0 Å². The Morgan fingerprint density at radius 2 is 2.00 bits per heavy atom. The fourth-order valence-electron chi connectivity index (χ4n) is 2.51. The molecule has 1 aliphatic heterocycles. The molecule has 3 nitrogen and oxygen atoms in total. The zero-order valence-electron chi connectivity index (χ0n) is 12.3. The molecule has 0 aliphatic carbocycles. The van der Waals surface area contributed by atoms with Gasteiger partial charge >= 0.3 is 0 Å².